The third-order valence-electron chi connectivity index (χ3n) is 2.15. The third-order valence-corrected chi connectivity index (χ3v) is 2.15. The summed E-state index contributed by atoms with van der Waals surface area (Å²) in [6.07, 6.45) is 10.2. The predicted octanol–water partition coefficient (Wildman–Crippen LogP) is 1.74. The Bertz CT molecular complexity index is 265. The number of hydrogen-bond acceptors (Lipinski definition) is 2. The Balaban J connectivity index is 2.31. The number of hydrogen-bond donors (Lipinski definition) is 1. The molecule has 1 aromatic heterocycles. The van der Waals surface area contributed by atoms with E-state index < -0.39 is 0 Å². The molecule has 0 bridgehead atoms. The van der Waals surface area contributed by atoms with Crippen LogP contribution in [0.25, 0.3) is 0 Å². The highest BCUT2D eigenvalue weighted by Gasteiger charge is 1.97. The van der Waals surface area contributed by atoms with Gasteiger partial charge in [-0.25, -0.2) is 0 Å². The Morgan fingerprint density at radius 3 is 3.07 bits per heavy atom. The Morgan fingerprint density at radius 1 is 1.50 bits per heavy atom. The maximum Gasteiger partial charge on any atom is 0.0521 e. The maximum atomic E-state index is 5.44. The van der Waals surface area contributed by atoms with Crippen LogP contribution in [0.1, 0.15) is 24.8 Å². The summed E-state index contributed by atoms with van der Waals surface area (Å²) in [4.78, 5) is 0. The second-order valence-corrected chi connectivity index (χ2v) is 3.43. The van der Waals surface area contributed by atoms with Crippen LogP contribution in [-0.2, 0) is 13.0 Å². The molecule has 0 saturated carbocycles. The van der Waals surface area contributed by atoms with E-state index in [1.165, 1.54) is 5.56 Å². The number of aryl methyl sites for hydroxylation is 2. The lowest BCUT2D eigenvalue weighted by Gasteiger charge is -1.97. The smallest absolute Gasteiger partial charge is 0.0521 e. The van der Waals surface area contributed by atoms with E-state index in [4.69, 9.17) is 5.73 Å². The first kappa shape index (κ1) is 11.0. The molecule has 0 fully saturated rings. The van der Waals surface area contributed by atoms with Gasteiger partial charge in [0.25, 0.3) is 0 Å². The quantitative estimate of drug-likeness (QED) is 0.529. The van der Waals surface area contributed by atoms with Gasteiger partial charge in [-0.2, -0.15) is 5.10 Å². The molecule has 1 heterocycles. The van der Waals surface area contributed by atoms with Gasteiger partial charge in [-0.15, -0.1) is 6.58 Å². The fourth-order valence-electron chi connectivity index (χ4n) is 1.36. The molecule has 3 heteroatoms. The molecule has 0 aliphatic heterocycles. The normalized spacial score (nSPS) is 10.4. The van der Waals surface area contributed by atoms with Gasteiger partial charge in [-0.05, 0) is 37.8 Å². The molecule has 1 rings (SSSR count). The van der Waals surface area contributed by atoms with Crippen LogP contribution in [0.3, 0.4) is 0 Å². The molecule has 0 aliphatic rings. The second-order valence-electron chi connectivity index (χ2n) is 3.43. The number of aromatic nitrogens is 2. The fourth-order valence-corrected chi connectivity index (χ4v) is 1.36. The van der Waals surface area contributed by atoms with Crippen molar-refractivity contribution in [1.82, 2.24) is 9.78 Å². The summed E-state index contributed by atoms with van der Waals surface area (Å²) in [5.41, 5.74) is 6.73. The molecule has 0 atom stereocenters. The van der Waals surface area contributed by atoms with E-state index in [1.807, 2.05) is 17.0 Å². The van der Waals surface area contributed by atoms with Crippen molar-refractivity contribution in [3.05, 3.63) is 30.6 Å². The molecule has 78 valence electrons. The minimum Gasteiger partial charge on any atom is -0.330 e. The minimum absolute atomic E-state index is 0.752. The van der Waals surface area contributed by atoms with Crippen molar-refractivity contribution < 1.29 is 0 Å². The van der Waals surface area contributed by atoms with Gasteiger partial charge in [0.2, 0.25) is 0 Å². The van der Waals surface area contributed by atoms with Crippen LogP contribution in [0.15, 0.2) is 25.0 Å². The lowest BCUT2D eigenvalue weighted by atomic mass is 10.2. The summed E-state index contributed by atoms with van der Waals surface area (Å²) in [6.45, 7) is 5.43. The standard InChI is InChI=1S/C11H19N3/c1-2-3-4-8-14-10-11(9-13-14)6-5-7-12/h2,9-10H,1,3-8,12H2. The van der Waals surface area contributed by atoms with Crippen molar-refractivity contribution in [2.24, 2.45) is 5.73 Å². The van der Waals surface area contributed by atoms with Crippen LogP contribution < -0.4 is 5.73 Å². The monoisotopic (exact) mass is 193 g/mol. The molecule has 2 N–H and O–H groups in total. The molecule has 3 nitrogen and oxygen atoms in total. The van der Waals surface area contributed by atoms with E-state index in [-0.39, 0.29) is 0 Å². The molecule has 0 amide bonds. The highest BCUT2D eigenvalue weighted by Crippen LogP contribution is 2.02. The van der Waals surface area contributed by atoms with E-state index in [2.05, 4.69) is 17.9 Å². The average Bonchev–Trinajstić information content (AvgIpc) is 2.63. The van der Waals surface area contributed by atoms with Crippen molar-refractivity contribution in [2.75, 3.05) is 6.54 Å². The zero-order valence-electron chi connectivity index (χ0n) is 8.65. The lowest BCUT2D eigenvalue weighted by Crippen LogP contribution is -2.00. The highest BCUT2D eigenvalue weighted by molar-refractivity contribution is 5.03. The summed E-state index contributed by atoms with van der Waals surface area (Å²) in [6, 6.07) is 0. The molecule has 14 heavy (non-hydrogen) atoms. The number of nitrogens with zero attached hydrogens (tertiary/aromatic N) is 2. The number of allylic oxidation sites excluding steroid dienone is 1. The van der Waals surface area contributed by atoms with Gasteiger partial charge in [0, 0.05) is 12.7 Å². The summed E-state index contributed by atoms with van der Waals surface area (Å²) in [5.74, 6) is 0. The Morgan fingerprint density at radius 2 is 2.36 bits per heavy atom. The van der Waals surface area contributed by atoms with Gasteiger partial charge in [0.05, 0.1) is 6.20 Å². The first-order valence-corrected chi connectivity index (χ1v) is 5.19. The predicted molar refractivity (Wildman–Crippen MR) is 59.0 cm³/mol. The van der Waals surface area contributed by atoms with Crippen molar-refractivity contribution in [2.45, 2.75) is 32.2 Å². The largest absolute Gasteiger partial charge is 0.330 e. The molecule has 0 radical (unpaired) electrons. The van der Waals surface area contributed by atoms with Crippen LogP contribution in [0, 0.1) is 0 Å². The maximum absolute atomic E-state index is 5.44. The number of rotatable bonds is 7. The van der Waals surface area contributed by atoms with Crippen LogP contribution >= 0.6 is 0 Å². The van der Waals surface area contributed by atoms with Crippen LogP contribution in [0.4, 0.5) is 0 Å². The summed E-state index contributed by atoms with van der Waals surface area (Å²) >= 11 is 0. The first-order valence-electron chi connectivity index (χ1n) is 5.19. The Labute approximate surface area is 85.6 Å². The van der Waals surface area contributed by atoms with Gasteiger partial charge in [0.1, 0.15) is 0 Å². The summed E-state index contributed by atoms with van der Waals surface area (Å²) in [5, 5.41) is 4.28. The fraction of sp³-hybridized carbons (Fsp3) is 0.545. The summed E-state index contributed by atoms with van der Waals surface area (Å²) < 4.78 is 2.00. The van der Waals surface area contributed by atoms with Crippen LogP contribution in [-0.4, -0.2) is 16.3 Å². The molecule has 0 spiro atoms. The van der Waals surface area contributed by atoms with Crippen LogP contribution in [0.5, 0.6) is 0 Å². The zero-order valence-corrected chi connectivity index (χ0v) is 8.65. The number of nitrogens with two attached hydrogens (primary N) is 1. The second kappa shape index (κ2) is 6.38. The Kier molecular flexibility index (Phi) is 5.00. The molecule has 0 aromatic carbocycles. The van der Waals surface area contributed by atoms with Crippen molar-refractivity contribution in [3.63, 3.8) is 0 Å². The molecule has 0 aliphatic carbocycles. The van der Waals surface area contributed by atoms with Gasteiger partial charge in [0.15, 0.2) is 0 Å². The van der Waals surface area contributed by atoms with Gasteiger partial charge >= 0.3 is 0 Å². The highest BCUT2D eigenvalue weighted by atomic mass is 15.3. The van der Waals surface area contributed by atoms with E-state index >= 15 is 0 Å². The van der Waals surface area contributed by atoms with Gasteiger partial charge in [-0.1, -0.05) is 6.08 Å². The van der Waals surface area contributed by atoms with Crippen molar-refractivity contribution >= 4 is 0 Å². The van der Waals surface area contributed by atoms with Gasteiger partial charge < -0.3 is 5.73 Å². The third kappa shape index (κ3) is 3.75. The average molecular weight is 193 g/mol. The topological polar surface area (TPSA) is 43.8 Å². The van der Waals surface area contributed by atoms with E-state index in [1.54, 1.807) is 0 Å². The Hall–Kier alpha value is -1.09. The van der Waals surface area contributed by atoms with E-state index in [9.17, 15) is 0 Å². The first-order chi connectivity index (χ1) is 6.86. The molecule has 0 saturated heterocycles. The van der Waals surface area contributed by atoms with Crippen molar-refractivity contribution in [1.29, 1.82) is 0 Å². The molecular weight excluding hydrogens is 174 g/mol. The summed E-state index contributed by atoms with van der Waals surface area (Å²) in [7, 11) is 0. The SMILES string of the molecule is C=CCCCn1cc(CCCN)cn1. The minimum atomic E-state index is 0.752. The molecular formula is C11H19N3. The number of unbranched alkanes of at least 4 members (excludes halogenated alkanes) is 1. The van der Waals surface area contributed by atoms with Gasteiger partial charge in [-0.3, -0.25) is 4.68 Å². The van der Waals surface area contributed by atoms with Crippen LogP contribution in [0.2, 0.25) is 0 Å². The van der Waals surface area contributed by atoms with Crippen molar-refractivity contribution in [3.8, 4) is 0 Å². The molecule has 1 aromatic rings. The van der Waals surface area contributed by atoms with E-state index in [0.29, 0.717) is 0 Å². The zero-order chi connectivity index (χ0) is 10.2. The lowest BCUT2D eigenvalue weighted by molar-refractivity contribution is 0.583. The van der Waals surface area contributed by atoms with E-state index in [0.717, 1.165) is 38.8 Å². The molecule has 0 unspecified atom stereocenters.